The highest BCUT2D eigenvalue weighted by Gasteiger charge is 2.29. The summed E-state index contributed by atoms with van der Waals surface area (Å²) in [6.07, 6.45) is 4.67. The second kappa shape index (κ2) is 9.76. The van der Waals surface area contributed by atoms with Crippen molar-refractivity contribution in [1.82, 2.24) is 10.3 Å². The quantitative estimate of drug-likeness (QED) is 0.487. The highest BCUT2D eigenvalue weighted by Crippen LogP contribution is 2.27. The molecule has 1 aromatic heterocycles. The van der Waals surface area contributed by atoms with E-state index in [4.69, 9.17) is 10.5 Å². The highest BCUT2D eigenvalue weighted by atomic mass is 19.2. The van der Waals surface area contributed by atoms with Crippen LogP contribution in [0.4, 0.5) is 23.4 Å². The molecular weight excluding hydrogens is 418 g/mol. The highest BCUT2D eigenvalue weighted by molar-refractivity contribution is 5.91. The van der Waals surface area contributed by atoms with E-state index in [1.807, 2.05) is 0 Å². The fraction of sp³-hybridized carbons (Fsp3) is 0.381. The van der Waals surface area contributed by atoms with Gasteiger partial charge in [-0.1, -0.05) is 18.9 Å². The maximum atomic E-state index is 13.8. The van der Waals surface area contributed by atoms with Crippen molar-refractivity contribution in [3.8, 4) is 5.75 Å². The lowest BCUT2D eigenvalue weighted by atomic mass is 10.0. The fourth-order valence-electron chi connectivity index (χ4n) is 3.44. The summed E-state index contributed by atoms with van der Waals surface area (Å²) in [5.41, 5.74) is 6.12. The van der Waals surface area contributed by atoms with Crippen LogP contribution in [0.25, 0.3) is 0 Å². The zero-order valence-electron chi connectivity index (χ0n) is 16.5. The van der Waals surface area contributed by atoms with Gasteiger partial charge in [0.25, 0.3) is 0 Å². The van der Waals surface area contributed by atoms with Crippen molar-refractivity contribution in [2.45, 2.75) is 38.1 Å². The van der Waals surface area contributed by atoms with Crippen LogP contribution in [-0.2, 0) is 16.0 Å². The minimum Gasteiger partial charge on any atom is -0.479 e. The number of nitrogens with two attached hydrogens (primary N) is 1. The molecule has 166 valence electrons. The summed E-state index contributed by atoms with van der Waals surface area (Å²) in [5, 5.41) is 2.65. The van der Waals surface area contributed by atoms with Crippen LogP contribution in [0, 0.1) is 29.2 Å². The minimum atomic E-state index is -1.75. The van der Waals surface area contributed by atoms with Gasteiger partial charge in [0.2, 0.25) is 17.5 Å². The Morgan fingerprint density at radius 3 is 2.35 bits per heavy atom. The Balaban J connectivity index is 1.75. The van der Waals surface area contributed by atoms with Crippen LogP contribution >= 0.6 is 0 Å². The lowest BCUT2D eigenvalue weighted by Crippen LogP contribution is -2.46. The van der Waals surface area contributed by atoms with Gasteiger partial charge in [-0.15, -0.1) is 0 Å². The van der Waals surface area contributed by atoms with Gasteiger partial charge in [-0.25, -0.2) is 13.8 Å². The summed E-state index contributed by atoms with van der Waals surface area (Å²) < 4.78 is 59.0. The number of benzene rings is 1. The number of nitrogens with zero attached hydrogens (tertiary/aromatic N) is 1. The molecule has 6 nitrogen and oxygen atoms in total. The molecule has 3 rings (SSSR count). The molecular formula is C21H21F4N3O3. The first-order valence-corrected chi connectivity index (χ1v) is 9.75. The summed E-state index contributed by atoms with van der Waals surface area (Å²) in [7, 11) is 0. The fourth-order valence-corrected chi connectivity index (χ4v) is 3.44. The van der Waals surface area contributed by atoms with Crippen molar-refractivity contribution >= 4 is 17.5 Å². The molecule has 1 aliphatic rings. The van der Waals surface area contributed by atoms with E-state index in [0.29, 0.717) is 18.4 Å². The van der Waals surface area contributed by atoms with E-state index in [0.717, 1.165) is 12.8 Å². The number of Topliss-reactive ketones (excluding diaryl/α,β-unsaturated/α-hetero) is 1. The van der Waals surface area contributed by atoms with E-state index < -0.39 is 47.5 Å². The Labute approximate surface area is 175 Å². The molecule has 1 fully saturated rings. The SMILES string of the molecule is Nc1ccc(C[C@H](NC(=O)C2CCCC2)C(=O)COc2c(F)c(F)cc(F)c2F)cn1. The van der Waals surface area contributed by atoms with Gasteiger partial charge in [0.05, 0.1) is 6.04 Å². The number of rotatable bonds is 8. The molecule has 1 heterocycles. The number of anilines is 1. The van der Waals surface area contributed by atoms with Gasteiger partial charge < -0.3 is 15.8 Å². The van der Waals surface area contributed by atoms with Crippen molar-refractivity contribution in [3.63, 3.8) is 0 Å². The molecule has 1 atom stereocenters. The van der Waals surface area contributed by atoms with Crippen molar-refractivity contribution < 1.29 is 31.9 Å². The standard InChI is InChI=1S/C21H21F4N3O3/c22-13-8-14(23)19(25)20(18(13)24)31-10-16(29)15(7-11-5-6-17(26)27-9-11)28-21(30)12-3-1-2-4-12/h5-6,8-9,12,15H,1-4,7,10H2,(H2,26,27)(H,28,30)/t15-/m0/s1. The number of hydrogen-bond donors (Lipinski definition) is 2. The van der Waals surface area contributed by atoms with E-state index in [-0.39, 0.29) is 30.1 Å². The predicted molar refractivity (Wildman–Crippen MR) is 103 cm³/mol. The number of nitrogens with one attached hydrogen (secondary N) is 1. The van der Waals surface area contributed by atoms with E-state index in [1.165, 1.54) is 12.3 Å². The molecule has 10 heteroatoms. The van der Waals surface area contributed by atoms with Crippen LogP contribution in [0.2, 0.25) is 0 Å². The summed E-state index contributed by atoms with van der Waals surface area (Å²) in [4.78, 5) is 29.2. The molecule has 31 heavy (non-hydrogen) atoms. The molecule has 1 saturated carbocycles. The van der Waals surface area contributed by atoms with E-state index in [1.54, 1.807) is 6.07 Å². The first kappa shape index (κ1) is 22.5. The predicted octanol–water partition coefficient (Wildman–Crippen LogP) is 3.09. The first-order chi connectivity index (χ1) is 14.8. The number of halogens is 4. The third-order valence-corrected chi connectivity index (χ3v) is 5.15. The van der Waals surface area contributed by atoms with Crippen LogP contribution in [0.15, 0.2) is 24.4 Å². The Morgan fingerprint density at radius 2 is 1.77 bits per heavy atom. The molecule has 0 saturated heterocycles. The number of ether oxygens (including phenoxy) is 1. The maximum Gasteiger partial charge on any atom is 0.223 e. The summed E-state index contributed by atoms with van der Waals surface area (Å²) >= 11 is 0. The second-order valence-electron chi connectivity index (χ2n) is 7.39. The summed E-state index contributed by atoms with van der Waals surface area (Å²) in [6.45, 7) is -0.908. The van der Waals surface area contributed by atoms with Crippen LogP contribution in [0.5, 0.6) is 5.75 Å². The van der Waals surface area contributed by atoms with Gasteiger partial charge in [0, 0.05) is 24.6 Å². The van der Waals surface area contributed by atoms with Gasteiger partial charge >= 0.3 is 0 Å². The van der Waals surface area contributed by atoms with Gasteiger partial charge in [-0.2, -0.15) is 8.78 Å². The lowest BCUT2D eigenvalue weighted by Gasteiger charge is -2.20. The van der Waals surface area contributed by atoms with Crippen LogP contribution < -0.4 is 15.8 Å². The average Bonchev–Trinajstić information content (AvgIpc) is 3.28. The molecule has 0 spiro atoms. The maximum absolute atomic E-state index is 13.8. The number of pyridine rings is 1. The van der Waals surface area contributed by atoms with Crippen molar-refractivity contribution in [2.24, 2.45) is 5.92 Å². The number of amides is 1. The number of carbonyl (C=O) groups is 2. The topological polar surface area (TPSA) is 94.3 Å². The van der Waals surface area contributed by atoms with Gasteiger partial charge in [0.15, 0.2) is 23.2 Å². The molecule has 1 amide bonds. The van der Waals surface area contributed by atoms with Crippen LogP contribution in [0.3, 0.4) is 0 Å². The number of carbonyl (C=O) groups excluding carboxylic acids is 2. The third kappa shape index (κ3) is 5.50. The summed E-state index contributed by atoms with van der Waals surface area (Å²) in [5.74, 6) is -9.14. The average molecular weight is 439 g/mol. The molecule has 0 radical (unpaired) electrons. The molecule has 0 bridgehead atoms. The van der Waals surface area contributed by atoms with E-state index in [9.17, 15) is 27.2 Å². The van der Waals surface area contributed by atoms with Gasteiger partial charge in [0.1, 0.15) is 12.4 Å². The summed E-state index contributed by atoms with van der Waals surface area (Å²) in [6, 6.07) is 2.08. The van der Waals surface area contributed by atoms with Gasteiger partial charge in [-0.05, 0) is 24.5 Å². The number of ketones is 1. The van der Waals surface area contributed by atoms with Crippen molar-refractivity contribution in [2.75, 3.05) is 12.3 Å². The first-order valence-electron chi connectivity index (χ1n) is 9.75. The smallest absolute Gasteiger partial charge is 0.223 e. The molecule has 1 aromatic carbocycles. The van der Waals surface area contributed by atoms with Crippen molar-refractivity contribution in [1.29, 1.82) is 0 Å². The van der Waals surface area contributed by atoms with Crippen LogP contribution in [-0.4, -0.2) is 29.3 Å². The largest absolute Gasteiger partial charge is 0.479 e. The molecule has 2 aromatic rings. The Morgan fingerprint density at radius 1 is 1.13 bits per heavy atom. The Bertz CT molecular complexity index is 937. The number of aromatic nitrogens is 1. The number of hydrogen-bond acceptors (Lipinski definition) is 5. The molecule has 1 aliphatic carbocycles. The molecule has 0 aliphatic heterocycles. The number of nitrogen functional groups attached to an aromatic ring is 1. The van der Waals surface area contributed by atoms with E-state index in [2.05, 4.69) is 10.3 Å². The Hall–Kier alpha value is -3.17. The lowest BCUT2D eigenvalue weighted by molar-refractivity contribution is -0.131. The minimum absolute atomic E-state index is 0.0242. The zero-order chi connectivity index (χ0) is 22.5. The van der Waals surface area contributed by atoms with Crippen LogP contribution in [0.1, 0.15) is 31.2 Å². The second-order valence-corrected chi connectivity index (χ2v) is 7.39. The normalized spacial score (nSPS) is 15.0. The molecule has 3 N–H and O–H groups in total. The van der Waals surface area contributed by atoms with Crippen molar-refractivity contribution in [3.05, 3.63) is 53.2 Å². The Kier molecular flexibility index (Phi) is 7.09. The van der Waals surface area contributed by atoms with E-state index >= 15 is 0 Å². The monoisotopic (exact) mass is 439 g/mol. The zero-order valence-corrected chi connectivity index (χ0v) is 16.5. The van der Waals surface area contributed by atoms with Gasteiger partial charge in [-0.3, -0.25) is 9.59 Å². The third-order valence-electron chi connectivity index (χ3n) is 5.15. The molecule has 0 unspecified atom stereocenters.